The number of hydrogen-bond donors (Lipinski definition) is 2. The molecule has 0 amide bonds. The monoisotopic (exact) mass is 183 g/mol. The van der Waals surface area contributed by atoms with Crippen LogP contribution in [0.1, 0.15) is 19.3 Å². The van der Waals surface area contributed by atoms with Crippen LogP contribution in [0.2, 0.25) is 0 Å². The summed E-state index contributed by atoms with van der Waals surface area (Å²) in [6.07, 6.45) is 4.07. The molecule has 0 saturated carbocycles. The molecule has 3 nitrogen and oxygen atoms in total. The highest BCUT2D eigenvalue weighted by Crippen LogP contribution is 2.11. The van der Waals surface area contributed by atoms with Gasteiger partial charge in [-0.3, -0.25) is 4.90 Å². The standard InChI is InChI=1S/C10H21N3/c1-3-10(9-12-4-1)13-7-2-5-11-6-8-13/h10-12H,1-9H2. The van der Waals surface area contributed by atoms with Crippen molar-refractivity contribution in [2.45, 2.75) is 25.3 Å². The molecule has 2 rings (SSSR count). The number of nitrogens with zero attached hydrogens (tertiary/aromatic N) is 1. The second kappa shape index (κ2) is 4.94. The van der Waals surface area contributed by atoms with Crippen LogP contribution in [-0.2, 0) is 0 Å². The molecule has 0 aromatic carbocycles. The highest BCUT2D eigenvalue weighted by molar-refractivity contribution is 4.80. The lowest BCUT2D eigenvalue weighted by Gasteiger charge is -2.33. The van der Waals surface area contributed by atoms with E-state index in [0.717, 1.165) is 6.04 Å². The molecule has 1 atom stereocenters. The van der Waals surface area contributed by atoms with Gasteiger partial charge in [-0.1, -0.05) is 0 Å². The summed E-state index contributed by atoms with van der Waals surface area (Å²) in [6, 6.07) is 0.814. The van der Waals surface area contributed by atoms with Gasteiger partial charge in [-0.2, -0.15) is 0 Å². The topological polar surface area (TPSA) is 27.3 Å². The van der Waals surface area contributed by atoms with E-state index in [9.17, 15) is 0 Å². The maximum Gasteiger partial charge on any atom is 0.0221 e. The van der Waals surface area contributed by atoms with Gasteiger partial charge in [0.1, 0.15) is 0 Å². The maximum absolute atomic E-state index is 3.49. The molecule has 0 bridgehead atoms. The van der Waals surface area contributed by atoms with Crippen molar-refractivity contribution in [3.05, 3.63) is 0 Å². The van der Waals surface area contributed by atoms with E-state index < -0.39 is 0 Å². The minimum Gasteiger partial charge on any atom is -0.315 e. The number of rotatable bonds is 1. The largest absolute Gasteiger partial charge is 0.315 e. The second-order valence-corrected chi connectivity index (χ2v) is 4.14. The van der Waals surface area contributed by atoms with E-state index >= 15 is 0 Å². The van der Waals surface area contributed by atoms with E-state index in [1.165, 1.54) is 58.5 Å². The van der Waals surface area contributed by atoms with Gasteiger partial charge >= 0.3 is 0 Å². The molecule has 1 unspecified atom stereocenters. The van der Waals surface area contributed by atoms with Gasteiger partial charge in [0.05, 0.1) is 0 Å². The van der Waals surface area contributed by atoms with E-state index in [1.54, 1.807) is 0 Å². The SMILES string of the molecule is C1CNCC(N2CCCNCC2)C1. The Kier molecular flexibility index (Phi) is 3.58. The van der Waals surface area contributed by atoms with Crippen LogP contribution in [0.4, 0.5) is 0 Å². The molecule has 13 heavy (non-hydrogen) atoms. The fraction of sp³-hybridized carbons (Fsp3) is 1.00. The zero-order valence-corrected chi connectivity index (χ0v) is 8.39. The van der Waals surface area contributed by atoms with Gasteiger partial charge in [0.15, 0.2) is 0 Å². The molecule has 2 heterocycles. The summed E-state index contributed by atoms with van der Waals surface area (Å²) in [7, 11) is 0. The lowest BCUT2D eigenvalue weighted by atomic mass is 10.1. The van der Waals surface area contributed by atoms with Gasteiger partial charge in [0.25, 0.3) is 0 Å². The molecule has 76 valence electrons. The summed E-state index contributed by atoms with van der Waals surface area (Å²) in [6.45, 7) is 7.35. The third kappa shape index (κ3) is 2.66. The van der Waals surface area contributed by atoms with Crippen molar-refractivity contribution in [1.82, 2.24) is 15.5 Å². The lowest BCUT2D eigenvalue weighted by molar-refractivity contribution is 0.176. The van der Waals surface area contributed by atoms with Crippen LogP contribution >= 0.6 is 0 Å². The van der Waals surface area contributed by atoms with Crippen molar-refractivity contribution >= 4 is 0 Å². The highest BCUT2D eigenvalue weighted by Gasteiger charge is 2.20. The molecule has 2 aliphatic rings. The van der Waals surface area contributed by atoms with Crippen molar-refractivity contribution in [2.24, 2.45) is 0 Å². The van der Waals surface area contributed by atoms with Crippen LogP contribution < -0.4 is 10.6 Å². The minimum absolute atomic E-state index is 0.814. The fourth-order valence-corrected chi connectivity index (χ4v) is 2.38. The molecule has 0 spiro atoms. The maximum atomic E-state index is 3.49. The normalized spacial score (nSPS) is 32.8. The molecule has 0 aromatic rings. The average molecular weight is 183 g/mol. The predicted molar refractivity (Wildman–Crippen MR) is 55.0 cm³/mol. The first kappa shape index (κ1) is 9.44. The van der Waals surface area contributed by atoms with Gasteiger partial charge in [0.2, 0.25) is 0 Å². The third-order valence-corrected chi connectivity index (χ3v) is 3.16. The Balaban J connectivity index is 1.82. The molecule has 2 fully saturated rings. The second-order valence-electron chi connectivity index (χ2n) is 4.14. The van der Waals surface area contributed by atoms with Crippen molar-refractivity contribution in [3.63, 3.8) is 0 Å². The van der Waals surface area contributed by atoms with Gasteiger partial charge in [-0.15, -0.1) is 0 Å². The summed E-state index contributed by atoms with van der Waals surface area (Å²) >= 11 is 0. The molecular formula is C10H21N3. The summed E-state index contributed by atoms with van der Waals surface area (Å²) in [4.78, 5) is 2.66. The first-order valence-corrected chi connectivity index (χ1v) is 5.62. The molecule has 0 aliphatic carbocycles. The zero-order valence-electron chi connectivity index (χ0n) is 8.39. The van der Waals surface area contributed by atoms with E-state index in [-0.39, 0.29) is 0 Å². The Morgan fingerprint density at radius 2 is 1.85 bits per heavy atom. The lowest BCUT2D eigenvalue weighted by Crippen LogP contribution is -2.47. The number of piperidine rings is 1. The first-order valence-electron chi connectivity index (χ1n) is 5.62. The Morgan fingerprint density at radius 1 is 0.923 bits per heavy atom. The number of hydrogen-bond acceptors (Lipinski definition) is 3. The van der Waals surface area contributed by atoms with E-state index in [2.05, 4.69) is 15.5 Å². The smallest absolute Gasteiger partial charge is 0.0221 e. The van der Waals surface area contributed by atoms with E-state index in [0.29, 0.717) is 0 Å². The summed E-state index contributed by atoms with van der Waals surface area (Å²) < 4.78 is 0. The number of nitrogens with one attached hydrogen (secondary N) is 2. The van der Waals surface area contributed by atoms with Crippen molar-refractivity contribution in [2.75, 3.05) is 39.3 Å². The van der Waals surface area contributed by atoms with Crippen molar-refractivity contribution < 1.29 is 0 Å². The third-order valence-electron chi connectivity index (χ3n) is 3.16. The quantitative estimate of drug-likeness (QED) is 0.601. The van der Waals surface area contributed by atoms with Gasteiger partial charge in [0, 0.05) is 25.7 Å². The fourth-order valence-electron chi connectivity index (χ4n) is 2.38. The Labute approximate surface area is 80.9 Å². The van der Waals surface area contributed by atoms with Gasteiger partial charge in [-0.05, 0) is 38.9 Å². The molecule has 2 N–H and O–H groups in total. The molecule has 2 saturated heterocycles. The van der Waals surface area contributed by atoms with Gasteiger partial charge in [-0.25, -0.2) is 0 Å². The predicted octanol–water partition coefficient (Wildman–Crippen LogP) is 0.0337. The zero-order chi connectivity index (χ0) is 8.93. The van der Waals surface area contributed by atoms with Crippen LogP contribution in [-0.4, -0.2) is 50.2 Å². The molecule has 0 aromatic heterocycles. The summed E-state index contributed by atoms with van der Waals surface area (Å²) in [5.41, 5.74) is 0. The highest BCUT2D eigenvalue weighted by atomic mass is 15.2. The summed E-state index contributed by atoms with van der Waals surface area (Å²) in [5, 5.41) is 6.94. The Morgan fingerprint density at radius 3 is 2.69 bits per heavy atom. The van der Waals surface area contributed by atoms with Crippen LogP contribution in [0.3, 0.4) is 0 Å². The van der Waals surface area contributed by atoms with Crippen LogP contribution in [0.25, 0.3) is 0 Å². The molecular weight excluding hydrogens is 162 g/mol. The molecule has 3 heteroatoms. The molecule has 2 aliphatic heterocycles. The van der Waals surface area contributed by atoms with Crippen LogP contribution in [0, 0.1) is 0 Å². The Hall–Kier alpha value is -0.120. The van der Waals surface area contributed by atoms with E-state index in [1.807, 2.05) is 0 Å². The van der Waals surface area contributed by atoms with Crippen molar-refractivity contribution in [1.29, 1.82) is 0 Å². The van der Waals surface area contributed by atoms with Crippen LogP contribution in [0.5, 0.6) is 0 Å². The average Bonchev–Trinajstić information content (AvgIpc) is 2.47. The van der Waals surface area contributed by atoms with E-state index in [4.69, 9.17) is 0 Å². The minimum atomic E-state index is 0.814. The van der Waals surface area contributed by atoms with Crippen molar-refractivity contribution in [3.8, 4) is 0 Å². The molecule has 0 radical (unpaired) electrons. The van der Waals surface area contributed by atoms with Gasteiger partial charge < -0.3 is 10.6 Å². The first-order chi connectivity index (χ1) is 6.47. The van der Waals surface area contributed by atoms with Crippen LogP contribution in [0.15, 0.2) is 0 Å². The summed E-state index contributed by atoms with van der Waals surface area (Å²) in [5.74, 6) is 0. The Bertz CT molecular complexity index is 135.